The monoisotopic (exact) mass is 335 g/mol. The molecule has 6 heteroatoms. The van der Waals surface area contributed by atoms with Gasteiger partial charge in [-0.1, -0.05) is 23.7 Å². The summed E-state index contributed by atoms with van der Waals surface area (Å²) in [6, 6.07) is 7.78. The summed E-state index contributed by atoms with van der Waals surface area (Å²) in [4.78, 5) is 20.0. The summed E-state index contributed by atoms with van der Waals surface area (Å²) in [6.45, 7) is 6.38. The van der Waals surface area contributed by atoms with Crippen molar-refractivity contribution in [1.29, 1.82) is 0 Å². The molecule has 116 valence electrons. The van der Waals surface area contributed by atoms with E-state index in [0.717, 1.165) is 40.8 Å². The van der Waals surface area contributed by atoms with Crippen molar-refractivity contribution in [3.63, 3.8) is 0 Å². The van der Waals surface area contributed by atoms with E-state index in [4.69, 9.17) is 11.6 Å². The second-order valence-electron chi connectivity index (χ2n) is 5.50. The topological polar surface area (TPSA) is 45.2 Å². The smallest absolute Gasteiger partial charge is 0.266 e. The molecule has 1 amide bonds. The Hall–Kier alpha value is -1.43. The van der Waals surface area contributed by atoms with Crippen molar-refractivity contribution < 1.29 is 4.79 Å². The van der Waals surface area contributed by atoms with Crippen molar-refractivity contribution in [2.24, 2.45) is 0 Å². The van der Waals surface area contributed by atoms with Gasteiger partial charge in [0.15, 0.2) is 0 Å². The third-order valence-electron chi connectivity index (χ3n) is 3.82. The molecule has 1 atom stereocenters. The Balaban J connectivity index is 1.90. The van der Waals surface area contributed by atoms with Gasteiger partial charge in [-0.05, 0) is 26.0 Å². The van der Waals surface area contributed by atoms with Crippen molar-refractivity contribution in [3.05, 3.63) is 39.9 Å². The van der Waals surface area contributed by atoms with Crippen LogP contribution in [0.4, 0.5) is 0 Å². The Bertz CT molecular complexity index is 700. The zero-order chi connectivity index (χ0) is 15.7. The second-order valence-corrected chi connectivity index (χ2v) is 6.93. The van der Waals surface area contributed by atoms with Gasteiger partial charge in [0, 0.05) is 36.3 Å². The standard InChI is InChI=1S/C16H18ClN3OS/c1-10-9-18-6-7-20(10)16(21)14-11(2)19-15(22-14)12-4-3-5-13(17)8-12/h3-5,8,10,18H,6-7,9H2,1-2H3/t10-/m1/s1. The molecule has 0 bridgehead atoms. The number of amides is 1. The van der Waals surface area contributed by atoms with Gasteiger partial charge < -0.3 is 10.2 Å². The molecule has 2 heterocycles. The zero-order valence-electron chi connectivity index (χ0n) is 12.6. The van der Waals surface area contributed by atoms with Gasteiger partial charge in [0.2, 0.25) is 0 Å². The van der Waals surface area contributed by atoms with Crippen LogP contribution in [0.25, 0.3) is 10.6 Å². The van der Waals surface area contributed by atoms with E-state index in [0.29, 0.717) is 5.02 Å². The number of rotatable bonds is 2. The first-order valence-corrected chi connectivity index (χ1v) is 8.51. The number of carbonyl (C=O) groups excluding carboxylic acids is 1. The Labute approximate surface area is 139 Å². The molecular formula is C16H18ClN3OS. The van der Waals surface area contributed by atoms with Gasteiger partial charge in [0.05, 0.1) is 5.69 Å². The maximum absolute atomic E-state index is 12.8. The maximum Gasteiger partial charge on any atom is 0.266 e. The molecule has 22 heavy (non-hydrogen) atoms. The first-order chi connectivity index (χ1) is 10.6. The van der Waals surface area contributed by atoms with Crippen LogP contribution in [-0.2, 0) is 0 Å². The van der Waals surface area contributed by atoms with E-state index in [1.165, 1.54) is 11.3 Å². The number of nitrogens with zero attached hydrogens (tertiary/aromatic N) is 2. The lowest BCUT2D eigenvalue weighted by Gasteiger charge is -2.33. The Morgan fingerprint density at radius 1 is 1.50 bits per heavy atom. The molecule has 1 aromatic heterocycles. The van der Waals surface area contributed by atoms with Gasteiger partial charge in [0.1, 0.15) is 9.88 Å². The summed E-state index contributed by atoms with van der Waals surface area (Å²) < 4.78 is 0. The summed E-state index contributed by atoms with van der Waals surface area (Å²) in [5.74, 6) is 0.0808. The molecule has 0 radical (unpaired) electrons. The fourth-order valence-electron chi connectivity index (χ4n) is 2.61. The summed E-state index contributed by atoms with van der Waals surface area (Å²) in [5, 5.41) is 4.82. The highest BCUT2D eigenvalue weighted by Gasteiger charge is 2.27. The highest BCUT2D eigenvalue weighted by molar-refractivity contribution is 7.17. The van der Waals surface area contributed by atoms with E-state index < -0.39 is 0 Å². The van der Waals surface area contributed by atoms with Gasteiger partial charge >= 0.3 is 0 Å². The lowest BCUT2D eigenvalue weighted by atomic mass is 10.2. The minimum absolute atomic E-state index is 0.0808. The fraction of sp³-hybridized carbons (Fsp3) is 0.375. The van der Waals surface area contributed by atoms with Gasteiger partial charge in [-0.3, -0.25) is 4.79 Å². The number of hydrogen-bond donors (Lipinski definition) is 1. The van der Waals surface area contributed by atoms with E-state index in [1.54, 1.807) is 0 Å². The molecule has 3 rings (SSSR count). The van der Waals surface area contributed by atoms with Crippen LogP contribution in [0, 0.1) is 6.92 Å². The largest absolute Gasteiger partial charge is 0.333 e. The van der Waals surface area contributed by atoms with Crippen molar-refractivity contribution in [2.45, 2.75) is 19.9 Å². The van der Waals surface area contributed by atoms with Crippen LogP contribution in [-0.4, -0.2) is 41.5 Å². The van der Waals surface area contributed by atoms with E-state index in [2.05, 4.69) is 17.2 Å². The average Bonchev–Trinajstić information content (AvgIpc) is 2.89. The second kappa shape index (κ2) is 6.36. The number of carbonyl (C=O) groups is 1. The lowest BCUT2D eigenvalue weighted by Crippen LogP contribution is -2.52. The minimum Gasteiger partial charge on any atom is -0.333 e. The van der Waals surface area contributed by atoms with Crippen LogP contribution in [0.15, 0.2) is 24.3 Å². The Kier molecular flexibility index (Phi) is 4.47. The van der Waals surface area contributed by atoms with Crippen LogP contribution in [0.5, 0.6) is 0 Å². The molecule has 1 N–H and O–H groups in total. The highest BCUT2D eigenvalue weighted by Crippen LogP contribution is 2.30. The zero-order valence-corrected chi connectivity index (χ0v) is 14.2. The summed E-state index contributed by atoms with van der Waals surface area (Å²) in [5.41, 5.74) is 1.74. The quantitative estimate of drug-likeness (QED) is 0.916. The molecule has 1 aromatic carbocycles. The van der Waals surface area contributed by atoms with Crippen LogP contribution in [0.1, 0.15) is 22.3 Å². The Morgan fingerprint density at radius 3 is 3.05 bits per heavy atom. The summed E-state index contributed by atoms with van der Waals surface area (Å²) >= 11 is 7.48. The SMILES string of the molecule is Cc1nc(-c2cccc(Cl)c2)sc1C(=O)N1CCNC[C@H]1C. The summed E-state index contributed by atoms with van der Waals surface area (Å²) in [6.07, 6.45) is 0. The number of nitrogens with one attached hydrogen (secondary N) is 1. The van der Waals surface area contributed by atoms with Gasteiger partial charge in [0.25, 0.3) is 5.91 Å². The first kappa shape index (κ1) is 15.5. The molecule has 0 aliphatic carbocycles. The van der Waals surface area contributed by atoms with E-state index >= 15 is 0 Å². The number of aromatic nitrogens is 1. The minimum atomic E-state index is 0.0808. The van der Waals surface area contributed by atoms with Crippen molar-refractivity contribution in [2.75, 3.05) is 19.6 Å². The molecular weight excluding hydrogens is 318 g/mol. The van der Waals surface area contributed by atoms with E-state index in [-0.39, 0.29) is 11.9 Å². The van der Waals surface area contributed by atoms with Crippen LogP contribution in [0.2, 0.25) is 5.02 Å². The number of benzene rings is 1. The predicted octanol–water partition coefficient (Wildman–Crippen LogP) is 3.21. The normalized spacial score (nSPS) is 18.5. The maximum atomic E-state index is 12.8. The Morgan fingerprint density at radius 2 is 2.32 bits per heavy atom. The number of halogens is 1. The van der Waals surface area contributed by atoms with Crippen LogP contribution in [0.3, 0.4) is 0 Å². The van der Waals surface area contributed by atoms with Crippen molar-refractivity contribution in [3.8, 4) is 10.6 Å². The van der Waals surface area contributed by atoms with Gasteiger partial charge in [-0.25, -0.2) is 4.98 Å². The van der Waals surface area contributed by atoms with Gasteiger partial charge in [-0.15, -0.1) is 11.3 Å². The predicted molar refractivity (Wildman–Crippen MR) is 90.7 cm³/mol. The third-order valence-corrected chi connectivity index (χ3v) is 5.25. The number of hydrogen-bond acceptors (Lipinski definition) is 4. The van der Waals surface area contributed by atoms with Crippen LogP contribution >= 0.6 is 22.9 Å². The number of thiazole rings is 1. The summed E-state index contributed by atoms with van der Waals surface area (Å²) in [7, 11) is 0. The van der Waals surface area contributed by atoms with E-state index in [1.807, 2.05) is 36.1 Å². The molecule has 0 saturated carbocycles. The first-order valence-electron chi connectivity index (χ1n) is 7.31. The fourth-order valence-corrected chi connectivity index (χ4v) is 3.82. The molecule has 0 spiro atoms. The molecule has 0 unspecified atom stereocenters. The molecule has 1 fully saturated rings. The average molecular weight is 336 g/mol. The van der Waals surface area contributed by atoms with Crippen molar-refractivity contribution in [1.82, 2.24) is 15.2 Å². The lowest BCUT2D eigenvalue weighted by molar-refractivity contribution is 0.0660. The van der Waals surface area contributed by atoms with Crippen molar-refractivity contribution >= 4 is 28.8 Å². The van der Waals surface area contributed by atoms with Gasteiger partial charge in [-0.2, -0.15) is 0 Å². The van der Waals surface area contributed by atoms with Crippen LogP contribution < -0.4 is 5.32 Å². The molecule has 2 aromatic rings. The van der Waals surface area contributed by atoms with E-state index in [9.17, 15) is 4.79 Å². The molecule has 1 aliphatic rings. The molecule has 1 saturated heterocycles. The highest BCUT2D eigenvalue weighted by atomic mass is 35.5. The number of aryl methyl sites for hydroxylation is 1. The molecule has 4 nitrogen and oxygen atoms in total. The molecule has 1 aliphatic heterocycles. The third kappa shape index (κ3) is 3.02. The number of piperazine rings is 1.